The molecule has 0 aromatic heterocycles. The van der Waals surface area contributed by atoms with Crippen LogP contribution in [-0.2, 0) is 10.8 Å². The molecule has 0 N–H and O–H groups in total. The highest BCUT2D eigenvalue weighted by atomic mass is 32.2. The lowest BCUT2D eigenvalue weighted by atomic mass is 10.2. The van der Waals surface area contributed by atoms with Crippen LogP contribution in [0.1, 0.15) is 12.5 Å². The summed E-state index contributed by atoms with van der Waals surface area (Å²) in [6.07, 6.45) is 0. The Kier molecular flexibility index (Phi) is 3.21. The Morgan fingerprint density at radius 3 is 2.38 bits per heavy atom. The average Bonchev–Trinajstić information content (AvgIpc) is 2.17. The van der Waals surface area contributed by atoms with Crippen molar-refractivity contribution in [3.8, 4) is 6.07 Å². The van der Waals surface area contributed by atoms with E-state index in [0.29, 0.717) is 0 Å². The molecule has 0 saturated carbocycles. The van der Waals surface area contributed by atoms with Crippen molar-refractivity contribution >= 4 is 10.8 Å². The Morgan fingerprint density at radius 2 is 1.92 bits per heavy atom. The fraction of sp³-hybridized carbons (Fsp3) is 0.300. The second kappa shape index (κ2) is 4.20. The first kappa shape index (κ1) is 9.94. The normalized spacial score (nSPS) is 14.5. The maximum absolute atomic E-state index is 11.6. The minimum atomic E-state index is -1.20. The zero-order chi connectivity index (χ0) is 9.84. The highest BCUT2D eigenvalue weighted by molar-refractivity contribution is 7.86. The van der Waals surface area contributed by atoms with Crippen LogP contribution in [0, 0.1) is 18.3 Å². The molecule has 0 aliphatic carbocycles. The van der Waals surface area contributed by atoms with E-state index in [0.717, 1.165) is 10.5 Å². The number of benzene rings is 1. The van der Waals surface area contributed by atoms with E-state index in [4.69, 9.17) is 5.26 Å². The van der Waals surface area contributed by atoms with Crippen LogP contribution in [0.15, 0.2) is 29.2 Å². The van der Waals surface area contributed by atoms with Crippen molar-refractivity contribution in [1.82, 2.24) is 0 Å². The topological polar surface area (TPSA) is 40.9 Å². The van der Waals surface area contributed by atoms with Gasteiger partial charge < -0.3 is 0 Å². The molecule has 0 aliphatic rings. The van der Waals surface area contributed by atoms with Gasteiger partial charge in [0.05, 0.1) is 16.9 Å². The van der Waals surface area contributed by atoms with Crippen molar-refractivity contribution in [3.05, 3.63) is 29.8 Å². The van der Waals surface area contributed by atoms with Gasteiger partial charge in [0.25, 0.3) is 0 Å². The van der Waals surface area contributed by atoms with Crippen molar-refractivity contribution in [3.63, 3.8) is 0 Å². The molecule has 1 aromatic rings. The molecule has 0 bridgehead atoms. The van der Waals surface area contributed by atoms with Gasteiger partial charge in [-0.1, -0.05) is 17.7 Å². The number of rotatable bonds is 2. The first-order valence-corrected chi connectivity index (χ1v) is 5.23. The number of nitrogens with zero attached hydrogens (tertiary/aromatic N) is 1. The fourth-order valence-corrected chi connectivity index (χ4v) is 1.83. The van der Waals surface area contributed by atoms with Crippen LogP contribution in [0.3, 0.4) is 0 Å². The minimum absolute atomic E-state index is 0.442. The zero-order valence-corrected chi connectivity index (χ0v) is 8.47. The average molecular weight is 193 g/mol. The van der Waals surface area contributed by atoms with E-state index in [1.54, 1.807) is 19.1 Å². The Morgan fingerprint density at radius 1 is 1.38 bits per heavy atom. The van der Waals surface area contributed by atoms with Gasteiger partial charge in [0.15, 0.2) is 0 Å². The molecule has 0 fully saturated rings. The summed E-state index contributed by atoms with van der Waals surface area (Å²) >= 11 is 0. The second-order valence-corrected chi connectivity index (χ2v) is 4.66. The fourth-order valence-electron chi connectivity index (χ4n) is 0.924. The third-order valence-corrected chi connectivity index (χ3v) is 3.24. The molecule has 0 heterocycles. The van der Waals surface area contributed by atoms with E-state index >= 15 is 0 Å². The van der Waals surface area contributed by atoms with Gasteiger partial charge in [-0.05, 0) is 26.0 Å². The molecule has 0 spiro atoms. The quantitative estimate of drug-likeness (QED) is 0.721. The summed E-state index contributed by atoms with van der Waals surface area (Å²) in [7, 11) is -1.20. The number of aryl methyl sites for hydroxylation is 1. The monoisotopic (exact) mass is 193 g/mol. The molecule has 3 heteroatoms. The van der Waals surface area contributed by atoms with Gasteiger partial charge in [0.2, 0.25) is 0 Å². The highest BCUT2D eigenvalue weighted by Crippen LogP contribution is 2.11. The Labute approximate surface area is 80.7 Å². The molecule has 1 aromatic carbocycles. The summed E-state index contributed by atoms with van der Waals surface area (Å²) < 4.78 is 11.6. The maximum atomic E-state index is 11.6. The van der Waals surface area contributed by atoms with Crippen LogP contribution >= 0.6 is 0 Å². The first-order chi connectivity index (χ1) is 6.15. The van der Waals surface area contributed by atoms with Crippen molar-refractivity contribution in [2.75, 3.05) is 0 Å². The molecule has 2 unspecified atom stereocenters. The maximum Gasteiger partial charge on any atom is 0.123 e. The van der Waals surface area contributed by atoms with Crippen LogP contribution in [-0.4, -0.2) is 9.46 Å². The van der Waals surface area contributed by atoms with Gasteiger partial charge in [0.1, 0.15) is 5.25 Å². The van der Waals surface area contributed by atoms with E-state index in [-0.39, 0.29) is 0 Å². The molecule has 0 aliphatic heterocycles. The zero-order valence-electron chi connectivity index (χ0n) is 7.65. The summed E-state index contributed by atoms with van der Waals surface area (Å²) in [6.45, 7) is 3.64. The summed E-state index contributed by atoms with van der Waals surface area (Å²) in [4.78, 5) is 0.722. The number of hydrogen-bond donors (Lipinski definition) is 0. The lowest BCUT2D eigenvalue weighted by Gasteiger charge is -2.02. The van der Waals surface area contributed by atoms with Gasteiger partial charge in [-0.3, -0.25) is 4.21 Å². The molecule has 68 valence electrons. The van der Waals surface area contributed by atoms with Crippen LogP contribution < -0.4 is 0 Å². The lowest BCUT2D eigenvalue weighted by Crippen LogP contribution is -2.07. The second-order valence-electron chi connectivity index (χ2n) is 2.88. The SMILES string of the molecule is Cc1ccc(S(=O)C(C)C#N)cc1. The molecular weight excluding hydrogens is 182 g/mol. The third-order valence-electron chi connectivity index (χ3n) is 1.76. The predicted molar refractivity (Wildman–Crippen MR) is 52.7 cm³/mol. The van der Waals surface area contributed by atoms with E-state index in [9.17, 15) is 4.21 Å². The standard InChI is InChI=1S/C10H11NOS/c1-8-3-5-10(6-4-8)13(12)9(2)7-11/h3-6,9H,1-2H3. The van der Waals surface area contributed by atoms with E-state index in [1.165, 1.54) is 0 Å². The summed E-state index contributed by atoms with van der Waals surface area (Å²) in [5, 5.41) is 8.14. The molecule has 0 saturated heterocycles. The summed E-state index contributed by atoms with van der Waals surface area (Å²) in [6, 6.07) is 9.39. The molecule has 13 heavy (non-hydrogen) atoms. The van der Waals surface area contributed by atoms with Crippen LogP contribution in [0.25, 0.3) is 0 Å². The van der Waals surface area contributed by atoms with E-state index in [1.807, 2.05) is 25.1 Å². The molecule has 0 radical (unpaired) electrons. The van der Waals surface area contributed by atoms with Crippen LogP contribution in [0.5, 0.6) is 0 Å². The van der Waals surface area contributed by atoms with Gasteiger partial charge in [-0.2, -0.15) is 5.26 Å². The summed E-state index contributed by atoms with van der Waals surface area (Å²) in [5.41, 5.74) is 1.13. The van der Waals surface area contributed by atoms with Crippen molar-refractivity contribution < 1.29 is 4.21 Å². The first-order valence-electron chi connectivity index (χ1n) is 4.02. The predicted octanol–water partition coefficient (Wildman–Crippen LogP) is 2.01. The summed E-state index contributed by atoms with van der Waals surface area (Å²) in [5.74, 6) is 0. The van der Waals surface area contributed by atoms with Gasteiger partial charge in [-0.25, -0.2) is 0 Å². The van der Waals surface area contributed by atoms with Gasteiger partial charge in [-0.15, -0.1) is 0 Å². The van der Waals surface area contributed by atoms with Crippen molar-refractivity contribution in [2.24, 2.45) is 0 Å². The lowest BCUT2D eigenvalue weighted by molar-refractivity contribution is 0.680. The van der Waals surface area contributed by atoms with Gasteiger partial charge >= 0.3 is 0 Å². The smallest absolute Gasteiger partial charge is 0.123 e. The molecule has 1 rings (SSSR count). The molecular formula is C10H11NOS. The van der Waals surface area contributed by atoms with Crippen LogP contribution in [0.2, 0.25) is 0 Å². The minimum Gasteiger partial charge on any atom is -0.253 e. The Hall–Kier alpha value is -1.14. The Bertz CT molecular complexity index is 350. The Balaban J connectivity index is 2.91. The van der Waals surface area contributed by atoms with Crippen molar-refractivity contribution in [1.29, 1.82) is 5.26 Å². The number of nitriles is 1. The molecule has 0 amide bonds. The van der Waals surface area contributed by atoms with Crippen LogP contribution in [0.4, 0.5) is 0 Å². The highest BCUT2D eigenvalue weighted by Gasteiger charge is 2.11. The number of hydrogen-bond acceptors (Lipinski definition) is 2. The van der Waals surface area contributed by atoms with E-state index < -0.39 is 16.0 Å². The third kappa shape index (κ3) is 2.40. The van der Waals surface area contributed by atoms with Gasteiger partial charge in [0, 0.05) is 4.90 Å². The molecule has 2 nitrogen and oxygen atoms in total. The largest absolute Gasteiger partial charge is 0.253 e. The molecule has 2 atom stereocenters. The van der Waals surface area contributed by atoms with Crippen molar-refractivity contribution in [2.45, 2.75) is 24.0 Å². The van der Waals surface area contributed by atoms with E-state index in [2.05, 4.69) is 0 Å².